The molecule has 130 valence electrons. The van der Waals surface area contributed by atoms with Crippen molar-refractivity contribution in [2.75, 3.05) is 11.9 Å². The van der Waals surface area contributed by atoms with Crippen LogP contribution in [0.2, 0.25) is 15.1 Å². The van der Waals surface area contributed by atoms with Crippen molar-refractivity contribution in [3.05, 3.63) is 68.7 Å². The molecule has 0 aliphatic rings. The Kier molecular flexibility index (Phi) is 6.88. The number of esters is 1. The van der Waals surface area contributed by atoms with Crippen molar-refractivity contribution in [2.45, 2.75) is 6.92 Å². The van der Waals surface area contributed by atoms with E-state index in [0.29, 0.717) is 26.3 Å². The lowest BCUT2D eigenvalue weighted by molar-refractivity contribution is -0.142. The maximum Gasteiger partial charge on any atom is 0.331 e. The molecule has 0 unspecified atom stereocenters. The van der Waals surface area contributed by atoms with Crippen LogP contribution in [0.4, 0.5) is 5.69 Å². The number of ether oxygens (including phenoxy) is 1. The number of hydrogen-bond donors (Lipinski definition) is 1. The second-order valence-electron chi connectivity index (χ2n) is 5.13. The Hall–Kier alpha value is -2.01. The van der Waals surface area contributed by atoms with Gasteiger partial charge in [0.2, 0.25) is 0 Å². The largest absolute Gasteiger partial charge is 0.452 e. The van der Waals surface area contributed by atoms with Crippen molar-refractivity contribution >= 4 is 58.4 Å². The Bertz CT molecular complexity index is 834. The summed E-state index contributed by atoms with van der Waals surface area (Å²) in [6.45, 7) is 1.45. The fourth-order valence-electron chi connectivity index (χ4n) is 1.83. The van der Waals surface area contributed by atoms with Crippen LogP contribution in [0.3, 0.4) is 0 Å². The number of carbonyl (C=O) groups is 2. The molecule has 2 aromatic rings. The Morgan fingerprint density at radius 2 is 1.80 bits per heavy atom. The molecule has 0 saturated carbocycles. The summed E-state index contributed by atoms with van der Waals surface area (Å²) < 4.78 is 4.88. The number of aryl methyl sites for hydroxylation is 1. The molecular formula is C18H14Cl3NO3. The van der Waals surface area contributed by atoms with E-state index in [-0.39, 0.29) is 0 Å². The van der Waals surface area contributed by atoms with Crippen LogP contribution in [-0.2, 0) is 14.3 Å². The zero-order valence-electron chi connectivity index (χ0n) is 13.2. The molecular weight excluding hydrogens is 385 g/mol. The average Bonchev–Trinajstić information content (AvgIpc) is 2.57. The van der Waals surface area contributed by atoms with Crippen LogP contribution in [-0.4, -0.2) is 18.5 Å². The molecule has 0 radical (unpaired) electrons. The smallest absolute Gasteiger partial charge is 0.331 e. The highest BCUT2D eigenvalue weighted by Crippen LogP contribution is 2.23. The summed E-state index contributed by atoms with van der Waals surface area (Å²) in [6, 6.07) is 10.1. The van der Waals surface area contributed by atoms with Crippen molar-refractivity contribution in [3.8, 4) is 0 Å². The monoisotopic (exact) mass is 397 g/mol. The van der Waals surface area contributed by atoms with Gasteiger partial charge in [-0.1, -0.05) is 46.9 Å². The van der Waals surface area contributed by atoms with Gasteiger partial charge in [0.05, 0.1) is 10.0 Å². The van der Waals surface area contributed by atoms with Gasteiger partial charge >= 0.3 is 5.97 Å². The van der Waals surface area contributed by atoms with Gasteiger partial charge in [-0.05, 0) is 48.4 Å². The molecule has 0 aliphatic heterocycles. The maximum absolute atomic E-state index is 11.8. The first-order chi connectivity index (χ1) is 11.8. The zero-order valence-corrected chi connectivity index (χ0v) is 15.5. The highest BCUT2D eigenvalue weighted by atomic mass is 35.5. The number of carbonyl (C=O) groups excluding carboxylic acids is 2. The molecule has 0 spiro atoms. The summed E-state index contributed by atoms with van der Waals surface area (Å²) in [5.41, 5.74) is 2.12. The summed E-state index contributed by atoms with van der Waals surface area (Å²) in [5, 5.41) is 3.95. The molecule has 1 amide bonds. The van der Waals surface area contributed by atoms with Crippen LogP contribution in [0.25, 0.3) is 6.08 Å². The first-order valence-corrected chi connectivity index (χ1v) is 8.34. The van der Waals surface area contributed by atoms with Gasteiger partial charge in [-0.2, -0.15) is 0 Å². The predicted molar refractivity (Wildman–Crippen MR) is 101 cm³/mol. The highest BCUT2D eigenvalue weighted by molar-refractivity contribution is 6.42. The van der Waals surface area contributed by atoms with Gasteiger partial charge in [-0.25, -0.2) is 4.79 Å². The third-order valence-electron chi connectivity index (χ3n) is 3.16. The molecule has 0 aromatic heterocycles. The van der Waals surface area contributed by atoms with Gasteiger partial charge in [0.1, 0.15) is 0 Å². The van der Waals surface area contributed by atoms with E-state index in [1.807, 2.05) is 6.92 Å². The van der Waals surface area contributed by atoms with Crippen molar-refractivity contribution in [1.29, 1.82) is 0 Å². The summed E-state index contributed by atoms with van der Waals surface area (Å²) in [5.74, 6) is -1.11. The minimum Gasteiger partial charge on any atom is -0.452 e. The lowest BCUT2D eigenvalue weighted by Gasteiger charge is -2.07. The Morgan fingerprint density at radius 1 is 1.04 bits per heavy atom. The number of rotatable bonds is 5. The van der Waals surface area contributed by atoms with E-state index in [2.05, 4.69) is 5.32 Å². The van der Waals surface area contributed by atoms with Gasteiger partial charge < -0.3 is 10.1 Å². The van der Waals surface area contributed by atoms with Crippen molar-refractivity contribution < 1.29 is 14.3 Å². The molecule has 0 atom stereocenters. The quantitative estimate of drug-likeness (QED) is 0.560. The number of amides is 1. The molecule has 0 heterocycles. The molecule has 25 heavy (non-hydrogen) atoms. The van der Waals surface area contributed by atoms with Gasteiger partial charge in [0.15, 0.2) is 6.61 Å². The van der Waals surface area contributed by atoms with Crippen molar-refractivity contribution in [3.63, 3.8) is 0 Å². The number of nitrogens with one attached hydrogen (secondary N) is 1. The molecule has 4 nitrogen and oxygen atoms in total. The Morgan fingerprint density at radius 3 is 2.48 bits per heavy atom. The van der Waals surface area contributed by atoms with E-state index < -0.39 is 18.5 Å². The second kappa shape index (κ2) is 8.90. The SMILES string of the molecule is Cc1ccc(NC(=O)COC(=O)/C=C/c2ccc(Cl)c(Cl)c2)cc1Cl. The third kappa shape index (κ3) is 6.09. The summed E-state index contributed by atoms with van der Waals surface area (Å²) in [4.78, 5) is 23.4. The fourth-order valence-corrected chi connectivity index (χ4v) is 2.32. The third-order valence-corrected chi connectivity index (χ3v) is 4.30. The van der Waals surface area contributed by atoms with Gasteiger partial charge in [-0.3, -0.25) is 4.79 Å². The van der Waals surface area contributed by atoms with Crippen LogP contribution >= 0.6 is 34.8 Å². The van der Waals surface area contributed by atoms with E-state index in [9.17, 15) is 9.59 Å². The number of hydrogen-bond acceptors (Lipinski definition) is 3. The minimum atomic E-state index is -0.650. The fraction of sp³-hybridized carbons (Fsp3) is 0.111. The standard InChI is InChI=1S/C18H14Cl3NO3/c1-11-2-5-13(9-15(11)20)22-17(23)10-25-18(24)7-4-12-3-6-14(19)16(21)8-12/h2-9H,10H2,1H3,(H,22,23)/b7-4+. The number of halogens is 3. The molecule has 2 aromatic carbocycles. The first kappa shape index (κ1) is 19.3. The van der Waals surface area contributed by atoms with Crippen molar-refractivity contribution in [1.82, 2.24) is 0 Å². The van der Waals surface area contributed by atoms with E-state index in [0.717, 1.165) is 5.56 Å². The Labute approximate surface area is 160 Å². The van der Waals surface area contributed by atoms with Gasteiger partial charge in [0, 0.05) is 16.8 Å². The van der Waals surface area contributed by atoms with Gasteiger partial charge in [-0.15, -0.1) is 0 Å². The van der Waals surface area contributed by atoms with E-state index in [4.69, 9.17) is 39.5 Å². The molecule has 7 heteroatoms. The molecule has 0 bridgehead atoms. The molecule has 0 saturated heterocycles. The van der Waals surface area contributed by atoms with E-state index >= 15 is 0 Å². The summed E-state index contributed by atoms with van der Waals surface area (Å²) in [7, 11) is 0. The molecule has 0 fully saturated rings. The number of benzene rings is 2. The maximum atomic E-state index is 11.8. The average molecular weight is 399 g/mol. The first-order valence-electron chi connectivity index (χ1n) is 7.21. The predicted octanol–water partition coefficient (Wildman–Crippen LogP) is 5.15. The molecule has 2 rings (SSSR count). The lowest BCUT2D eigenvalue weighted by Crippen LogP contribution is -2.20. The molecule has 1 N–H and O–H groups in total. The highest BCUT2D eigenvalue weighted by Gasteiger charge is 2.07. The Balaban J connectivity index is 1.84. The van der Waals surface area contributed by atoms with Crippen LogP contribution < -0.4 is 5.32 Å². The number of anilines is 1. The second-order valence-corrected chi connectivity index (χ2v) is 6.35. The zero-order chi connectivity index (χ0) is 18.4. The lowest BCUT2D eigenvalue weighted by atomic mass is 10.2. The van der Waals surface area contributed by atoms with Crippen LogP contribution in [0.5, 0.6) is 0 Å². The van der Waals surface area contributed by atoms with Crippen molar-refractivity contribution in [2.24, 2.45) is 0 Å². The van der Waals surface area contributed by atoms with E-state index in [1.54, 1.807) is 36.4 Å². The summed E-state index contributed by atoms with van der Waals surface area (Å²) >= 11 is 17.7. The summed E-state index contributed by atoms with van der Waals surface area (Å²) in [6.07, 6.45) is 2.72. The topological polar surface area (TPSA) is 55.4 Å². The van der Waals surface area contributed by atoms with Crippen LogP contribution in [0, 0.1) is 6.92 Å². The van der Waals surface area contributed by atoms with Crippen LogP contribution in [0.15, 0.2) is 42.5 Å². The van der Waals surface area contributed by atoms with Crippen LogP contribution in [0.1, 0.15) is 11.1 Å². The van der Waals surface area contributed by atoms with Gasteiger partial charge in [0.25, 0.3) is 5.91 Å². The normalized spacial score (nSPS) is 10.7. The molecule has 0 aliphatic carbocycles. The van der Waals surface area contributed by atoms with E-state index in [1.165, 1.54) is 12.2 Å². The minimum absolute atomic E-state index is 0.383.